The van der Waals surface area contributed by atoms with Gasteiger partial charge in [-0.25, -0.2) is 0 Å². The summed E-state index contributed by atoms with van der Waals surface area (Å²) in [5, 5.41) is 1.23. The van der Waals surface area contributed by atoms with Crippen molar-refractivity contribution in [3.8, 4) is 11.5 Å². The van der Waals surface area contributed by atoms with Crippen molar-refractivity contribution in [3.63, 3.8) is 0 Å². The first-order chi connectivity index (χ1) is 14.7. The molecule has 0 spiro atoms. The van der Waals surface area contributed by atoms with Crippen LogP contribution in [0.2, 0.25) is 0 Å². The van der Waals surface area contributed by atoms with Crippen LogP contribution in [0.1, 0.15) is 37.2 Å². The summed E-state index contributed by atoms with van der Waals surface area (Å²) >= 11 is 3.48. The summed E-state index contributed by atoms with van der Waals surface area (Å²) in [6.45, 7) is 2.17. The Balaban J connectivity index is 1.26. The number of nitrogens with zero attached hydrogens (tertiary/aromatic N) is 1. The Morgan fingerprint density at radius 3 is 2.77 bits per heavy atom. The second-order valence-corrected chi connectivity index (χ2v) is 8.55. The fourth-order valence-corrected chi connectivity index (χ4v) is 4.55. The van der Waals surface area contributed by atoms with E-state index in [9.17, 15) is 4.79 Å². The monoisotopic (exact) mass is 470 g/mol. The second kappa shape index (κ2) is 9.56. The number of aromatic nitrogens is 1. The molecule has 1 amide bonds. The second-order valence-electron chi connectivity index (χ2n) is 7.69. The SMILES string of the molecule is COc1ccc2[nH]cc(C3CCN(C(=O)CCCOc4ccccc4Br)CC3)c2c1. The van der Waals surface area contributed by atoms with Crippen molar-refractivity contribution >= 4 is 32.7 Å². The van der Waals surface area contributed by atoms with Gasteiger partial charge in [-0.1, -0.05) is 12.1 Å². The number of benzene rings is 2. The van der Waals surface area contributed by atoms with Crippen molar-refractivity contribution in [2.24, 2.45) is 0 Å². The number of piperidine rings is 1. The third-order valence-corrected chi connectivity index (χ3v) is 6.49. The molecule has 0 atom stereocenters. The summed E-state index contributed by atoms with van der Waals surface area (Å²) in [6.07, 6.45) is 5.35. The molecule has 158 valence electrons. The van der Waals surface area contributed by atoms with Crippen LogP contribution in [0.4, 0.5) is 0 Å². The molecule has 1 aromatic heterocycles. The van der Waals surface area contributed by atoms with Gasteiger partial charge in [0.25, 0.3) is 0 Å². The zero-order valence-corrected chi connectivity index (χ0v) is 18.8. The van der Waals surface area contributed by atoms with Gasteiger partial charge in [0.2, 0.25) is 5.91 Å². The van der Waals surface area contributed by atoms with E-state index in [2.05, 4.69) is 39.2 Å². The first kappa shape index (κ1) is 20.8. The molecule has 0 radical (unpaired) electrons. The molecule has 2 aromatic carbocycles. The number of hydrogen-bond acceptors (Lipinski definition) is 3. The highest BCUT2D eigenvalue weighted by atomic mass is 79.9. The number of ether oxygens (including phenoxy) is 2. The molecule has 1 aliphatic rings. The molecule has 1 fully saturated rings. The molecule has 0 aliphatic carbocycles. The molecule has 1 aliphatic heterocycles. The lowest BCUT2D eigenvalue weighted by molar-refractivity contribution is -0.132. The van der Waals surface area contributed by atoms with Gasteiger partial charge in [0.05, 0.1) is 18.2 Å². The van der Waals surface area contributed by atoms with Crippen molar-refractivity contribution in [3.05, 3.63) is 58.7 Å². The van der Waals surface area contributed by atoms with Crippen LogP contribution in [0.5, 0.6) is 11.5 Å². The van der Waals surface area contributed by atoms with E-state index in [1.54, 1.807) is 7.11 Å². The molecule has 1 saturated heterocycles. The number of nitrogens with one attached hydrogen (secondary N) is 1. The third-order valence-electron chi connectivity index (χ3n) is 5.84. The number of aromatic amines is 1. The maximum Gasteiger partial charge on any atom is 0.222 e. The summed E-state index contributed by atoms with van der Waals surface area (Å²) in [5.41, 5.74) is 2.46. The van der Waals surface area contributed by atoms with Crippen molar-refractivity contribution in [1.82, 2.24) is 9.88 Å². The Labute approximate surface area is 185 Å². The molecular formula is C24H27BrN2O3. The fraction of sp³-hybridized carbons (Fsp3) is 0.375. The van der Waals surface area contributed by atoms with Crippen LogP contribution in [0.3, 0.4) is 0 Å². The highest BCUT2D eigenvalue weighted by molar-refractivity contribution is 9.10. The largest absolute Gasteiger partial charge is 0.497 e. The van der Waals surface area contributed by atoms with E-state index >= 15 is 0 Å². The Kier molecular flexibility index (Phi) is 6.62. The molecule has 4 rings (SSSR count). The number of para-hydroxylation sites is 1. The first-order valence-corrected chi connectivity index (χ1v) is 11.2. The van der Waals surface area contributed by atoms with Crippen LogP contribution in [-0.2, 0) is 4.79 Å². The lowest BCUT2D eigenvalue weighted by atomic mass is 9.89. The molecule has 5 nitrogen and oxygen atoms in total. The smallest absolute Gasteiger partial charge is 0.222 e. The van der Waals surface area contributed by atoms with Gasteiger partial charge in [0.1, 0.15) is 11.5 Å². The molecule has 0 unspecified atom stereocenters. The minimum atomic E-state index is 0.227. The minimum Gasteiger partial charge on any atom is -0.497 e. The van der Waals surface area contributed by atoms with Crippen LogP contribution in [-0.4, -0.2) is 42.6 Å². The van der Waals surface area contributed by atoms with E-state index in [0.29, 0.717) is 18.9 Å². The normalized spacial score (nSPS) is 14.8. The standard InChI is InChI=1S/C24H27BrN2O3/c1-29-18-8-9-22-19(15-18)20(16-26-22)17-10-12-27(13-11-17)24(28)7-4-14-30-23-6-3-2-5-21(23)25/h2-3,5-6,8-9,15-17,26H,4,7,10-14H2,1H3. The number of H-pyrrole nitrogens is 1. The Morgan fingerprint density at radius 1 is 1.20 bits per heavy atom. The number of methoxy groups -OCH3 is 1. The lowest BCUT2D eigenvalue weighted by Crippen LogP contribution is -2.37. The zero-order chi connectivity index (χ0) is 20.9. The van der Waals surface area contributed by atoms with Gasteiger partial charge >= 0.3 is 0 Å². The minimum absolute atomic E-state index is 0.227. The van der Waals surface area contributed by atoms with E-state index in [1.807, 2.05) is 35.2 Å². The van der Waals surface area contributed by atoms with Gasteiger partial charge in [0, 0.05) is 36.6 Å². The van der Waals surface area contributed by atoms with Crippen LogP contribution >= 0.6 is 15.9 Å². The Morgan fingerprint density at radius 2 is 2.00 bits per heavy atom. The average molecular weight is 471 g/mol. The van der Waals surface area contributed by atoms with Crippen LogP contribution in [0, 0.1) is 0 Å². The topological polar surface area (TPSA) is 54.6 Å². The van der Waals surface area contributed by atoms with E-state index in [1.165, 1.54) is 10.9 Å². The van der Waals surface area contributed by atoms with E-state index in [-0.39, 0.29) is 5.91 Å². The van der Waals surface area contributed by atoms with Crippen molar-refractivity contribution in [2.75, 3.05) is 26.8 Å². The predicted octanol–water partition coefficient (Wildman–Crippen LogP) is 5.50. The van der Waals surface area contributed by atoms with Crippen molar-refractivity contribution in [1.29, 1.82) is 0 Å². The number of fused-ring (bicyclic) bond motifs is 1. The summed E-state index contributed by atoms with van der Waals surface area (Å²) < 4.78 is 12.1. The zero-order valence-electron chi connectivity index (χ0n) is 17.2. The molecule has 6 heteroatoms. The Hall–Kier alpha value is -2.47. The lowest BCUT2D eigenvalue weighted by Gasteiger charge is -2.32. The quantitative estimate of drug-likeness (QED) is 0.463. The summed E-state index contributed by atoms with van der Waals surface area (Å²) in [4.78, 5) is 18.0. The number of halogens is 1. The van der Waals surface area contributed by atoms with Crippen LogP contribution in [0.25, 0.3) is 10.9 Å². The van der Waals surface area contributed by atoms with Gasteiger partial charge in [0.15, 0.2) is 0 Å². The number of rotatable bonds is 7. The maximum absolute atomic E-state index is 12.6. The number of carbonyl (C=O) groups is 1. The number of amides is 1. The summed E-state index contributed by atoms with van der Waals surface area (Å²) in [5.74, 6) is 2.39. The van der Waals surface area contributed by atoms with Crippen LogP contribution in [0.15, 0.2) is 53.1 Å². The number of hydrogen-bond donors (Lipinski definition) is 1. The van der Waals surface area contributed by atoms with E-state index in [0.717, 1.165) is 53.8 Å². The van der Waals surface area contributed by atoms with Gasteiger partial charge in [-0.15, -0.1) is 0 Å². The van der Waals surface area contributed by atoms with Crippen LogP contribution < -0.4 is 9.47 Å². The average Bonchev–Trinajstić information content (AvgIpc) is 3.21. The van der Waals surface area contributed by atoms with Crippen molar-refractivity contribution in [2.45, 2.75) is 31.6 Å². The highest BCUT2D eigenvalue weighted by Crippen LogP contribution is 2.34. The van der Waals surface area contributed by atoms with Gasteiger partial charge in [-0.2, -0.15) is 0 Å². The summed E-state index contributed by atoms with van der Waals surface area (Å²) in [7, 11) is 1.70. The van der Waals surface area contributed by atoms with Crippen molar-refractivity contribution < 1.29 is 14.3 Å². The van der Waals surface area contributed by atoms with E-state index in [4.69, 9.17) is 9.47 Å². The van der Waals surface area contributed by atoms with Gasteiger partial charge in [-0.3, -0.25) is 4.79 Å². The van der Waals surface area contributed by atoms with Gasteiger partial charge in [-0.05, 0) is 77.0 Å². The number of likely N-dealkylation sites (tertiary alicyclic amines) is 1. The predicted molar refractivity (Wildman–Crippen MR) is 122 cm³/mol. The van der Waals surface area contributed by atoms with Gasteiger partial charge < -0.3 is 19.4 Å². The molecule has 3 aromatic rings. The molecule has 1 N–H and O–H groups in total. The fourth-order valence-electron chi connectivity index (χ4n) is 4.15. The molecule has 2 heterocycles. The first-order valence-electron chi connectivity index (χ1n) is 10.5. The maximum atomic E-state index is 12.6. The molecule has 0 bridgehead atoms. The third kappa shape index (κ3) is 4.64. The molecule has 30 heavy (non-hydrogen) atoms. The molecular weight excluding hydrogens is 444 g/mol. The molecule has 0 saturated carbocycles. The summed E-state index contributed by atoms with van der Waals surface area (Å²) in [6, 6.07) is 13.9. The Bertz CT molecular complexity index is 1010. The van der Waals surface area contributed by atoms with E-state index < -0.39 is 0 Å². The number of carbonyl (C=O) groups excluding carboxylic acids is 1. The highest BCUT2D eigenvalue weighted by Gasteiger charge is 2.25.